The van der Waals surface area contributed by atoms with Gasteiger partial charge in [0.25, 0.3) is 5.91 Å². The molecule has 3 aromatic rings. The first-order valence-corrected chi connectivity index (χ1v) is 14.4. The van der Waals surface area contributed by atoms with Crippen LogP contribution >= 0.6 is 0 Å². The third-order valence-electron chi connectivity index (χ3n) is 8.25. The van der Waals surface area contributed by atoms with E-state index in [2.05, 4.69) is 42.5 Å². The van der Waals surface area contributed by atoms with Gasteiger partial charge in [-0.05, 0) is 54.9 Å². The minimum atomic E-state index is -0.976. The molecule has 0 radical (unpaired) electrons. The molecule has 1 saturated carbocycles. The zero-order chi connectivity index (χ0) is 28.3. The van der Waals surface area contributed by atoms with Gasteiger partial charge in [-0.25, -0.2) is 0 Å². The highest BCUT2D eigenvalue weighted by atomic mass is 16.2. The van der Waals surface area contributed by atoms with Crippen LogP contribution in [0.1, 0.15) is 82.9 Å². The molecule has 5 rings (SSSR count). The summed E-state index contributed by atoms with van der Waals surface area (Å²) in [6.45, 7) is 6.96. The summed E-state index contributed by atoms with van der Waals surface area (Å²) in [5, 5.41) is 22.4. The quantitative estimate of drug-likeness (QED) is 0.422. The van der Waals surface area contributed by atoms with Crippen LogP contribution in [0.25, 0.3) is 10.9 Å². The number of aromatic nitrogens is 2. The van der Waals surface area contributed by atoms with Crippen molar-refractivity contribution in [3.8, 4) is 6.19 Å². The van der Waals surface area contributed by atoms with Crippen LogP contribution in [0.3, 0.4) is 0 Å². The zero-order valence-corrected chi connectivity index (χ0v) is 23.6. The predicted octanol–water partition coefficient (Wildman–Crippen LogP) is 5.40. The molecular weight excluding hydrogens is 500 g/mol. The lowest BCUT2D eigenvalue weighted by Gasteiger charge is -2.36. The fraction of sp³-hybridized carbons (Fsp3) is 0.469. The maximum absolute atomic E-state index is 14.5. The summed E-state index contributed by atoms with van der Waals surface area (Å²) in [5.41, 5.74) is 2.95. The Labute approximate surface area is 236 Å². The summed E-state index contributed by atoms with van der Waals surface area (Å²) < 4.78 is 0. The number of nitrogens with zero attached hydrogens (tertiary/aromatic N) is 5. The van der Waals surface area contributed by atoms with Crippen LogP contribution in [0.15, 0.2) is 54.7 Å². The van der Waals surface area contributed by atoms with E-state index in [1.54, 1.807) is 11.1 Å². The standard InChI is InChI=1S/C32H38N6O2/c1-32(2,3)22-15-17-24(18-16-22)38(31(40)28-14-9-19-37(28)21-33)29(30(39)35-23-10-5-4-6-11-23)26-20-34-36-27-13-8-7-12-25(26)27/h7-8,12-13,15-18,20,23,28-29H,4-6,9-11,14,19H2,1-3H3,(H,35,39). The lowest BCUT2D eigenvalue weighted by atomic mass is 9.87. The molecule has 2 amide bonds. The second kappa shape index (κ2) is 11.6. The Balaban J connectivity index is 1.66. The molecule has 208 valence electrons. The van der Waals surface area contributed by atoms with Gasteiger partial charge in [0.2, 0.25) is 5.91 Å². The molecule has 2 unspecified atom stereocenters. The molecule has 2 aromatic carbocycles. The SMILES string of the molecule is CC(C)(C)c1ccc(N(C(=O)C2CCCN2C#N)C(C(=O)NC2CCCCC2)c2cnnc3ccccc23)cc1. The molecule has 8 nitrogen and oxygen atoms in total. The summed E-state index contributed by atoms with van der Waals surface area (Å²) in [4.78, 5) is 31.9. The lowest BCUT2D eigenvalue weighted by Crippen LogP contribution is -2.51. The van der Waals surface area contributed by atoms with Gasteiger partial charge in [0.15, 0.2) is 6.19 Å². The van der Waals surface area contributed by atoms with Crippen molar-refractivity contribution in [2.45, 2.75) is 89.3 Å². The predicted molar refractivity (Wildman–Crippen MR) is 155 cm³/mol. The minimum Gasteiger partial charge on any atom is -0.351 e. The van der Waals surface area contributed by atoms with E-state index in [-0.39, 0.29) is 23.3 Å². The van der Waals surface area contributed by atoms with Crippen molar-refractivity contribution in [3.63, 3.8) is 0 Å². The van der Waals surface area contributed by atoms with Crippen LogP contribution in [0.4, 0.5) is 5.69 Å². The highest BCUT2D eigenvalue weighted by Crippen LogP contribution is 2.35. The van der Waals surface area contributed by atoms with Crippen molar-refractivity contribution in [2.75, 3.05) is 11.4 Å². The molecule has 2 aliphatic rings. The third kappa shape index (κ3) is 5.65. The van der Waals surface area contributed by atoms with Crippen molar-refractivity contribution in [3.05, 3.63) is 65.9 Å². The van der Waals surface area contributed by atoms with Crippen LogP contribution in [0.2, 0.25) is 0 Å². The maximum atomic E-state index is 14.5. The fourth-order valence-electron chi connectivity index (χ4n) is 6.00. The number of nitriles is 1. The monoisotopic (exact) mass is 538 g/mol. The van der Waals surface area contributed by atoms with Gasteiger partial charge >= 0.3 is 0 Å². The highest BCUT2D eigenvalue weighted by molar-refractivity contribution is 6.05. The van der Waals surface area contributed by atoms with Gasteiger partial charge < -0.3 is 5.32 Å². The van der Waals surface area contributed by atoms with Crippen LogP contribution in [-0.4, -0.2) is 45.5 Å². The topological polar surface area (TPSA) is 102 Å². The first-order valence-electron chi connectivity index (χ1n) is 14.4. The average molecular weight is 539 g/mol. The number of carbonyl (C=O) groups excluding carboxylic acids is 2. The van der Waals surface area contributed by atoms with E-state index < -0.39 is 12.1 Å². The molecule has 1 aliphatic heterocycles. The molecule has 8 heteroatoms. The molecule has 1 aromatic heterocycles. The Morgan fingerprint density at radius 3 is 2.45 bits per heavy atom. The molecule has 2 fully saturated rings. The molecule has 2 atom stereocenters. The van der Waals surface area contributed by atoms with Gasteiger partial charge in [0, 0.05) is 29.2 Å². The van der Waals surface area contributed by atoms with Gasteiger partial charge in [-0.15, -0.1) is 0 Å². The molecule has 1 aliphatic carbocycles. The van der Waals surface area contributed by atoms with Gasteiger partial charge in [0.1, 0.15) is 12.1 Å². The van der Waals surface area contributed by atoms with Gasteiger partial charge in [0.05, 0.1) is 11.7 Å². The summed E-state index contributed by atoms with van der Waals surface area (Å²) in [5.74, 6) is -0.493. The Hall–Kier alpha value is -3.99. The van der Waals surface area contributed by atoms with Crippen LogP contribution < -0.4 is 10.2 Å². The van der Waals surface area contributed by atoms with Crippen LogP contribution in [0.5, 0.6) is 0 Å². The molecule has 1 saturated heterocycles. The molecule has 2 heterocycles. The summed E-state index contributed by atoms with van der Waals surface area (Å²) in [7, 11) is 0. The number of benzene rings is 2. The van der Waals surface area contributed by atoms with Gasteiger partial charge in [-0.2, -0.15) is 15.5 Å². The number of carbonyl (C=O) groups is 2. The van der Waals surface area contributed by atoms with Crippen molar-refractivity contribution in [1.82, 2.24) is 20.4 Å². The van der Waals surface area contributed by atoms with Gasteiger partial charge in [-0.3, -0.25) is 19.4 Å². The molecular formula is C32H38N6O2. The van der Waals surface area contributed by atoms with Crippen LogP contribution in [0, 0.1) is 11.5 Å². The summed E-state index contributed by atoms with van der Waals surface area (Å²) >= 11 is 0. The van der Waals surface area contributed by atoms with Gasteiger partial charge in [-0.1, -0.05) is 70.4 Å². The Bertz CT molecular complexity index is 1400. The largest absolute Gasteiger partial charge is 0.351 e. The Morgan fingerprint density at radius 2 is 1.75 bits per heavy atom. The first kappa shape index (κ1) is 27.6. The van der Waals surface area contributed by atoms with E-state index >= 15 is 0 Å². The number of rotatable bonds is 6. The number of likely N-dealkylation sites (tertiary alicyclic amines) is 1. The van der Waals surface area contributed by atoms with Crippen molar-refractivity contribution in [1.29, 1.82) is 5.26 Å². The normalized spacial score (nSPS) is 18.8. The molecule has 0 spiro atoms. The number of amides is 2. The summed E-state index contributed by atoms with van der Waals surface area (Å²) in [6, 6.07) is 13.9. The Kier molecular flexibility index (Phi) is 8.02. The zero-order valence-electron chi connectivity index (χ0n) is 23.6. The minimum absolute atomic E-state index is 0.0621. The van der Waals surface area contributed by atoms with E-state index in [1.807, 2.05) is 48.5 Å². The van der Waals surface area contributed by atoms with Crippen molar-refractivity contribution >= 4 is 28.4 Å². The van der Waals surface area contributed by atoms with Crippen molar-refractivity contribution in [2.24, 2.45) is 0 Å². The van der Waals surface area contributed by atoms with Crippen molar-refractivity contribution < 1.29 is 9.59 Å². The number of fused-ring (bicyclic) bond motifs is 1. The molecule has 40 heavy (non-hydrogen) atoms. The number of nitrogens with one attached hydrogen (secondary N) is 1. The fourth-order valence-corrected chi connectivity index (χ4v) is 6.00. The number of hydrogen-bond acceptors (Lipinski definition) is 6. The lowest BCUT2D eigenvalue weighted by molar-refractivity contribution is -0.128. The van der Waals surface area contributed by atoms with Crippen LogP contribution in [-0.2, 0) is 15.0 Å². The highest BCUT2D eigenvalue weighted by Gasteiger charge is 2.41. The number of hydrogen-bond donors (Lipinski definition) is 1. The average Bonchev–Trinajstić information content (AvgIpc) is 3.45. The first-order chi connectivity index (χ1) is 19.3. The molecule has 1 N–H and O–H groups in total. The Morgan fingerprint density at radius 1 is 1.02 bits per heavy atom. The third-order valence-corrected chi connectivity index (χ3v) is 8.25. The van der Waals surface area contributed by atoms with E-state index in [0.29, 0.717) is 29.7 Å². The van der Waals surface area contributed by atoms with E-state index in [9.17, 15) is 14.9 Å². The second-order valence-electron chi connectivity index (χ2n) is 12.0. The van der Waals surface area contributed by atoms with E-state index in [4.69, 9.17) is 0 Å². The van der Waals surface area contributed by atoms with E-state index in [1.165, 1.54) is 11.3 Å². The smallest absolute Gasteiger partial charge is 0.251 e. The van der Waals surface area contributed by atoms with E-state index in [0.717, 1.165) is 43.1 Å². The second-order valence-corrected chi connectivity index (χ2v) is 12.0. The molecule has 0 bridgehead atoms. The number of anilines is 1. The summed E-state index contributed by atoms with van der Waals surface area (Å²) in [6.07, 6.45) is 10.3. The maximum Gasteiger partial charge on any atom is 0.251 e.